The number of hydrogen-bond acceptors (Lipinski definition) is 2. The number of rotatable bonds is 9. The minimum atomic E-state index is -1.84. The maximum atomic E-state index is 10.2. The minimum absolute atomic E-state index is 0.303. The zero-order chi connectivity index (χ0) is 21.3. The fourth-order valence-electron chi connectivity index (χ4n) is 3.29. The Labute approximate surface area is 170 Å². The molecule has 0 heterocycles. The molecule has 0 N–H and O–H groups in total. The molecule has 0 unspecified atom stereocenters. The molecule has 27 heavy (non-hydrogen) atoms. The van der Waals surface area contributed by atoms with E-state index < -0.39 is 7.12 Å². The van der Waals surface area contributed by atoms with E-state index in [-0.39, 0.29) is 0 Å². The predicted octanol–water partition coefficient (Wildman–Crippen LogP) is 1.87. The summed E-state index contributed by atoms with van der Waals surface area (Å²) in [6.07, 6.45) is 0. The summed E-state index contributed by atoms with van der Waals surface area (Å²) in [5.74, 6) is 0. The van der Waals surface area contributed by atoms with Crippen LogP contribution in [-0.4, -0.2) is 68.4 Å². The highest BCUT2D eigenvalue weighted by Gasteiger charge is 2.16. The molecule has 1 aromatic rings. The Kier molecular flexibility index (Phi) is 16.9. The number of quaternary nitrogens is 2. The highest BCUT2D eigenvalue weighted by molar-refractivity contribution is 6.55. The molecule has 0 bridgehead atoms. The molecule has 0 aromatic heterocycles. The lowest BCUT2D eigenvalue weighted by molar-refractivity contribution is -0.921. The van der Waals surface area contributed by atoms with Gasteiger partial charge in [-0.2, -0.15) is 0 Å². The minimum Gasteiger partial charge on any atom is -0.889 e. The quantitative estimate of drug-likeness (QED) is 0.485. The Bertz CT molecular complexity index is 378. The normalized spacial score (nSPS) is 11.0. The second-order valence-corrected chi connectivity index (χ2v) is 6.96. The van der Waals surface area contributed by atoms with Gasteiger partial charge < -0.3 is 19.0 Å². The molecule has 0 radical (unpaired) electrons. The average molecular weight is 380 g/mol. The van der Waals surface area contributed by atoms with E-state index in [2.05, 4.69) is 55.4 Å². The topological polar surface area (TPSA) is 46.1 Å². The van der Waals surface area contributed by atoms with Crippen molar-refractivity contribution in [2.45, 2.75) is 55.4 Å². The number of nitrogens with zero attached hydrogens (tertiary/aromatic N) is 2. The zero-order valence-electron chi connectivity index (χ0n) is 19.3. The molecule has 0 amide bonds. The first-order valence-corrected chi connectivity index (χ1v) is 10.9. The summed E-state index contributed by atoms with van der Waals surface area (Å²) in [5, 5.41) is 20.3. The molecule has 0 aliphatic heterocycles. The lowest BCUT2D eigenvalue weighted by atomic mass is 9.81. The van der Waals surface area contributed by atoms with Crippen molar-refractivity contribution in [3.8, 4) is 0 Å². The first-order valence-electron chi connectivity index (χ1n) is 10.9. The van der Waals surface area contributed by atoms with Gasteiger partial charge in [0.05, 0.1) is 52.4 Å². The van der Waals surface area contributed by atoms with Crippen molar-refractivity contribution in [2.24, 2.45) is 0 Å². The number of benzene rings is 1. The van der Waals surface area contributed by atoms with Crippen LogP contribution in [0.25, 0.3) is 0 Å². The van der Waals surface area contributed by atoms with E-state index in [1.165, 1.54) is 73.5 Å². The highest BCUT2D eigenvalue weighted by Crippen LogP contribution is 2.03. The Morgan fingerprint density at radius 1 is 0.556 bits per heavy atom. The molecule has 0 aliphatic carbocycles. The summed E-state index contributed by atoms with van der Waals surface area (Å²) in [7, 11) is -1.84. The van der Waals surface area contributed by atoms with Crippen LogP contribution in [0.15, 0.2) is 30.3 Å². The van der Waals surface area contributed by atoms with Crippen LogP contribution in [0.2, 0.25) is 0 Å². The third kappa shape index (κ3) is 10.9. The van der Waals surface area contributed by atoms with Crippen LogP contribution in [0, 0.1) is 0 Å². The van der Waals surface area contributed by atoms with Crippen LogP contribution < -0.4 is 15.5 Å². The molecule has 1 rings (SSSR count). The van der Waals surface area contributed by atoms with Crippen LogP contribution in [0.3, 0.4) is 0 Å². The van der Waals surface area contributed by atoms with Gasteiger partial charge in [0.15, 0.2) is 0 Å². The summed E-state index contributed by atoms with van der Waals surface area (Å²) in [5.41, 5.74) is 0.303. The van der Waals surface area contributed by atoms with Crippen LogP contribution in [0.4, 0.5) is 0 Å². The van der Waals surface area contributed by atoms with Crippen molar-refractivity contribution < 1.29 is 19.0 Å². The standard InChI is InChI=1S/2C8H20N.C6H5BO2/c2*1-5-9(6-2,7-3)8-4;8-7(9)6-4-2-1-3-5-6/h2*5-8H2,1-4H3;1-5H/q2*+1;-2. The molecule has 0 saturated carbocycles. The lowest BCUT2D eigenvalue weighted by Gasteiger charge is -2.34. The van der Waals surface area contributed by atoms with Gasteiger partial charge in [0.25, 0.3) is 0 Å². The van der Waals surface area contributed by atoms with Gasteiger partial charge in [0.2, 0.25) is 0 Å². The first-order chi connectivity index (χ1) is 12.8. The van der Waals surface area contributed by atoms with Crippen LogP contribution in [-0.2, 0) is 0 Å². The average Bonchev–Trinajstić information content (AvgIpc) is 2.74. The second-order valence-electron chi connectivity index (χ2n) is 6.96. The molecule has 1 aromatic carbocycles. The van der Waals surface area contributed by atoms with Gasteiger partial charge in [0, 0.05) is 0 Å². The van der Waals surface area contributed by atoms with Gasteiger partial charge in [0.1, 0.15) is 0 Å². The lowest BCUT2D eigenvalue weighted by Crippen LogP contribution is -2.54. The third-order valence-corrected chi connectivity index (χ3v) is 6.44. The fraction of sp³-hybridized carbons (Fsp3) is 0.727. The summed E-state index contributed by atoms with van der Waals surface area (Å²) >= 11 is 0. The van der Waals surface area contributed by atoms with Crippen molar-refractivity contribution in [3.63, 3.8) is 0 Å². The molecular weight excluding hydrogens is 335 g/mol. The van der Waals surface area contributed by atoms with E-state index >= 15 is 0 Å². The Morgan fingerprint density at radius 2 is 0.815 bits per heavy atom. The molecule has 4 nitrogen and oxygen atoms in total. The SMILES string of the molecule is CC[N+](CC)(CC)CC.CC[N+](CC)(CC)CC.[O-]B([O-])c1ccccc1. The van der Waals surface area contributed by atoms with Gasteiger partial charge >= 0.3 is 0 Å². The van der Waals surface area contributed by atoms with E-state index in [1.807, 2.05) is 0 Å². The second kappa shape index (κ2) is 16.1. The predicted molar refractivity (Wildman–Crippen MR) is 117 cm³/mol. The van der Waals surface area contributed by atoms with E-state index in [1.54, 1.807) is 18.2 Å². The summed E-state index contributed by atoms with van der Waals surface area (Å²) in [6.45, 7) is 28.4. The zero-order valence-corrected chi connectivity index (χ0v) is 19.3. The van der Waals surface area contributed by atoms with Gasteiger partial charge in [-0.15, -0.1) is 5.46 Å². The van der Waals surface area contributed by atoms with E-state index in [9.17, 15) is 10.0 Å². The van der Waals surface area contributed by atoms with Crippen LogP contribution in [0.5, 0.6) is 0 Å². The molecule has 158 valence electrons. The molecule has 0 fully saturated rings. The van der Waals surface area contributed by atoms with Crippen LogP contribution >= 0.6 is 0 Å². The van der Waals surface area contributed by atoms with E-state index in [0.29, 0.717) is 5.46 Å². The molecular formula is C22H45BN2O2. The maximum Gasteiger partial charge on any atom is 0.0757 e. The highest BCUT2D eigenvalue weighted by atomic mass is 16.4. The summed E-state index contributed by atoms with van der Waals surface area (Å²) in [4.78, 5) is 0. The van der Waals surface area contributed by atoms with Crippen molar-refractivity contribution in [1.29, 1.82) is 0 Å². The van der Waals surface area contributed by atoms with E-state index in [0.717, 1.165) is 0 Å². The fourth-order valence-corrected chi connectivity index (χ4v) is 3.29. The molecule has 0 spiro atoms. The van der Waals surface area contributed by atoms with Crippen molar-refractivity contribution in [3.05, 3.63) is 30.3 Å². The number of hydrogen-bond donors (Lipinski definition) is 0. The smallest absolute Gasteiger partial charge is 0.0757 e. The van der Waals surface area contributed by atoms with E-state index in [4.69, 9.17) is 0 Å². The van der Waals surface area contributed by atoms with Gasteiger partial charge in [-0.25, -0.2) is 0 Å². The monoisotopic (exact) mass is 380 g/mol. The van der Waals surface area contributed by atoms with Gasteiger partial charge in [-0.1, -0.05) is 37.5 Å². The largest absolute Gasteiger partial charge is 0.889 e. The summed E-state index contributed by atoms with van der Waals surface area (Å²) < 4.78 is 2.56. The van der Waals surface area contributed by atoms with Crippen molar-refractivity contribution in [1.82, 2.24) is 0 Å². The third-order valence-electron chi connectivity index (χ3n) is 6.44. The Morgan fingerprint density at radius 3 is 0.926 bits per heavy atom. The molecule has 0 atom stereocenters. The van der Waals surface area contributed by atoms with Crippen LogP contribution in [0.1, 0.15) is 55.4 Å². The Balaban J connectivity index is 0. The Hall–Kier alpha value is -0.875. The molecule has 5 heteroatoms. The summed E-state index contributed by atoms with van der Waals surface area (Å²) in [6, 6.07) is 8.19. The van der Waals surface area contributed by atoms with Gasteiger partial charge in [-0.05, 0) is 55.4 Å². The van der Waals surface area contributed by atoms with Crippen molar-refractivity contribution in [2.75, 3.05) is 52.4 Å². The maximum absolute atomic E-state index is 10.2. The molecule has 0 aliphatic rings. The van der Waals surface area contributed by atoms with Gasteiger partial charge in [-0.3, -0.25) is 0 Å². The molecule has 0 saturated heterocycles. The van der Waals surface area contributed by atoms with Crippen molar-refractivity contribution >= 4 is 12.6 Å². The first kappa shape index (κ1) is 28.3.